The molecule has 0 aromatic heterocycles. The Labute approximate surface area is 314 Å². The van der Waals surface area contributed by atoms with Crippen molar-refractivity contribution >= 4 is 11.3 Å². The minimum Gasteiger partial charge on any atom is -0.374 e. The quantitative estimate of drug-likeness (QED) is 0.276. The average molecular weight is 695 g/mol. The van der Waals surface area contributed by atoms with Crippen LogP contribution in [0.15, 0.2) is 101 Å². The Hall–Kier alpha value is -3.04. The third-order valence-electron chi connectivity index (χ3n) is 15.2. The minimum absolute atomic E-state index is 0.451. The first-order valence-corrected chi connectivity index (χ1v) is 21.9. The topological polar surface area (TPSA) is 15.7 Å². The maximum Gasteiger partial charge on any atom is 0.0626 e. The summed E-state index contributed by atoms with van der Waals surface area (Å²) in [5, 5.41) is 0. The van der Waals surface area contributed by atoms with Gasteiger partial charge in [-0.15, -0.1) is 0 Å². The van der Waals surface area contributed by atoms with Crippen LogP contribution in [0.1, 0.15) is 134 Å². The van der Waals surface area contributed by atoms with Crippen LogP contribution >= 0.6 is 0 Å². The number of benzene rings is 1. The van der Waals surface area contributed by atoms with Crippen LogP contribution < -0.4 is 4.90 Å². The summed E-state index contributed by atoms with van der Waals surface area (Å²) in [5.41, 5.74) is 10.9. The van der Waals surface area contributed by atoms with Crippen molar-refractivity contribution in [1.82, 2.24) is 4.90 Å². The zero-order valence-electron chi connectivity index (χ0n) is 31.6. The van der Waals surface area contributed by atoms with Crippen molar-refractivity contribution in [1.29, 1.82) is 0 Å². The van der Waals surface area contributed by atoms with E-state index in [0.29, 0.717) is 42.2 Å². The van der Waals surface area contributed by atoms with Gasteiger partial charge in [-0.25, -0.2) is 0 Å². The number of rotatable bonds is 6. The largest absolute Gasteiger partial charge is 0.374 e. The van der Waals surface area contributed by atoms with Gasteiger partial charge in [-0.3, -0.25) is 0 Å². The molecular formula is C49H62N2O. The van der Waals surface area contributed by atoms with Crippen LogP contribution in [-0.4, -0.2) is 35.2 Å². The van der Waals surface area contributed by atoms with Crippen LogP contribution in [0.3, 0.4) is 0 Å². The van der Waals surface area contributed by atoms with E-state index in [9.17, 15) is 0 Å². The van der Waals surface area contributed by atoms with Gasteiger partial charge in [0.2, 0.25) is 0 Å². The summed E-state index contributed by atoms with van der Waals surface area (Å²) in [6.45, 7) is 0. The molecule has 9 atom stereocenters. The maximum absolute atomic E-state index is 7.10. The first kappa shape index (κ1) is 33.5. The van der Waals surface area contributed by atoms with Crippen LogP contribution in [-0.2, 0) is 4.74 Å². The van der Waals surface area contributed by atoms with Crippen LogP contribution in [0.4, 0.5) is 5.69 Å². The number of hydrogen-bond acceptors (Lipinski definition) is 3. The number of anilines is 1. The summed E-state index contributed by atoms with van der Waals surface area (Å²) >= 11 is 0. The second-order valence-electron chi connectivity index (χ2n) is 18.0. The van der Waals surface area contributed by atoms with Gasteiger partial charge in [0.25, 0.3) is 0 Å². The van der Waals surface area contributed by atoms with Gasteiger partial charge in [0.05, 0.1) is 12.2 Å². The third-order valence-corrected chi connectivity index (χ3v) is 15.2. The van der Waals surface area contributed by atoms with Crippen molar-refractivity contribution < 1.29 is 4.74 Å². The second kappa shape index (κ2) is 14.7. The molecule has 52 heavy (non-hydrogen) atoms. The molecule has 274 valence electrons. The van der Waals surface area contributed by atoms with Crippen molar-refractivity contribution in [2.45, 2.75) is 159 Å². The third kappa shape index (κ3) is 6.25. The molecule has 10 rings (SSSR count). The molecule has 9 aliphatic rings. The first-order chi connectivity index (χ1) is 25.8. The predicted molar refractivity (Wildman–Crippen MR) is 216 cm³/mol. The molecule has 1 saturated heterocycles. The number of fused-ring (bicyclic) bond motifs is 4. The number of ether oxygens (including phenoxy) is 1. The molecule has 4 fully saturated rings. The predicted octanol–water partition coefficient (Wildman–Crippen LogP) is 12.2. The SMILES string of the molecule is C1=CC(c2ccc(N(C3CCC4C(C3)C3=C(C=C(C5CC=CCC5)CC3)N4C3=CCCC=C3)C3CCCC4OC5CCCCC5CC43)cc2)=CCC1. The lowest BCUT2D eigenvalue weighted by Gasteiger charge is -2.54. The molecule has 3 saturated carbocycles. The molecule has 0 bridgehead atoms. The number of hydrogen-bond donors (Lipinski definition) is 0. The summed E-state index contributed by atoms with van der Waals surface area (Å²) in [5.74, 6) is 2.83. The highest BCUT2D eigenvalue weighted by atomic mass is 16.5. The zero-order valence-corrected chi connectivity index (χ0v) is 31.6. The monoisotopic (exact) mass is 694 g/mol. The molecule has 0 N–H and O–H groups in total. The lowest BCUT2D eigenvalue weighted by atomic mass is 9.68. The molecule has 2 aliphatic heterocycles. The van der Waals surface area contributed by atoms with Gasteiger partial charge in [0.1, 0.15) is 0 Å². The lowest BCUT2D eigenvalue weighted by Crippen LogP contribution is -2.58. The smallest absolute Gasteiger partial charge is 0.0626 e. The minimum atomic E-state index is 0.451. The average Bonchev–Trinajstić information content (AvgIpc) is 3.54. The lowest BCUT2D eigenvalue weighted by molar-refractivity contribution is -0.146. The maximum atomic E-state index is 7.10. The van der Waals surface area contributed by atoms with Gasteiger partial charge < -0.3 is 14.5 Å². The Balaban J connectivity index is 0.995. The molecule has 2 heterocycles. The van der Waals surface area contributed by atoms with Gasteiger partial charge in [-0.1, -0.05) is 73.1 Å². The van der Waals surface area contributed by atoms with E-state index in [0.717, 1.165) is 18.3 Å². The summed E-state index contributed by atoms with van der Waals surface area (Å²) in [4.78, 5) is 5.90. The van der Waals surface area contributed by atoms with Gasteiger partial charge in [0.15, 0.2) is 0 Å². The summed E-state index contributed by atoms with van der Waals surface area (Å²) in [6.07, 6.45) is 48.8. The Bertz CT molecular complexity index is 1700. The first-order valence-electron chi connectivity index (χ1n) is 21.9. The highest BCUT2D eigenvalue weighted by Gasteiger charge is 2.50. The Kier molecular flexibility index (Phi) is 9.45. The molecule has 7 aliphatic carbocycles. The molecule has 1 aromatic rings. The summed E-state index contributed by atoms with van der Waals surface area (Å²) in [7, 11) is 0. The highest BCUT2D eigenvalue weighted by molar-refractivity contribution is 5.75. The molecule has 0 amide bonds. The van der Waals surface area contributed by atoms with Gasteiger partial charge in [-0.2, -0.15) is 0 Å². The van der Waals surface area contributed by atoms with Crippen LogP contribution in [0.25, 0.3) is 5.57 Å². The standard InChI is InChI=1S/C49H62N2O/c1-4-13-34(14-5-1)36-23-26-40(27-24-36)50(45-20-12-22-49-44(45)31-38-17-10-11-21-48(38)52-49)41-28-30-46-43(33-41)42-29-25-37(35-15-6-2-7-16-35)32-47(42)51(46)39-18-8-3-9-19-39/h2,4,6,8,13-14,18-19,23-24,26-27,32,35,38,41,43-46,48-49H,1,3,5,7,9-12,15-17,20-22,25,28-31,33H2. The molecule has 3 heteroatoms. The van der Waals surface area contributed by atoms with E-state index in [2.05, 4.69) is 88.7 Å². The fourth-order valence-corrected chi connectivity index (χ4v) is 12.7. The van der Waals surface area contributed by atoms with Gasteiger partial charge in [-0.05, 0) is 168 Å². The molecular weight excluding hydrogens is 633 g/mol. The van der Waals surface area contributed by atoms with Crippen LogP contribution in [0, 0.1) is 23.7 Å². The van der Waals surface area contributed by atoms with Crippen LogP contribution in [0.5, 0.6) is 0 Å². The van der Waals surface area contributed by atoms with Crippen molar-refractivity contribution in [3.8, 4) is 0 Å². The number of nitrogens with zero attached hydrogens (tertiary/aromatic N) is 2. The summed E-state index contributed by atoms with van der Waals surface area (Å²) in [6, 6.07) is 11.7. The van der Waals surface area contributed by atoms with Crippen molar-refractivity contribution in [2.24, 2.45) is 23.7 Å². The van der Waals surface area contributed by atoms with Gasteiger partial charge in [0, 0.05) is 47.0 Å². The van der Waals surface area contributed by atoms with Crippen molar-refractivity contribution in [3.63, 3.8) is 0 Å². The van der Waals surface area contributed by atoms with Crippen molar-refractivity contribution in [3.05, 3.63) is 107 Å². The molecule has 1 aromatic carbocycles. The second-order valence-corrected chi connectivity index (χ2v) is 18.0. The molecule has 3 nitrogen and oxygen atoms in total. The number of allylic oxidation sites excluding steroid dienone is 11. The Morgan fingerprint density at radius 1 is 0.692 bits per heavy atom. The summed E-state index contributed by atoms with van der Waals surface area (Å²) < 4.78 is 7.10. The Morgan fingerprint density at radius 2 is 1.56 bits per heavy atom. The van der Waals surface area contributed by atoms with E-state index < -0.39 is 0 Å². The van der Waals surface area contributed by atoms with E-state index in [1.165, 1.54) is 145 Å². The molecule has 0 radical (unpaired) electrons. The fourth-order valence-electron chi connectivity index (χ4n) is 12.7. The van der Waals surface area contributed by atoms with E-state index >= 15 is 0 Å². The normalized spacial score (nSPS) is 37.0. The van der Waals surface area contributed by atoms with E-state index in [4.69, 9.17) is 4.74 Å². The van der Waals surface area contributed by atoms with Crippen LogP contribution in [0.2, 0.25) is 0 Å². The molecule has 9 unspecified atom stereocenters. The van der Waals surface area contributed by atoms with E-state index in [-0.39, 0.29) is 0 Å². The zero-order chi connectivity index (χ0) is 34.4. The van der Waals surface area contributed by atoms with E-state index in [1.54, 1.807) is 16.8 Å². The highest BCUT2D eigenvalue weighted by Crippen LogP contribution is 2.53. The molecule has 0 spiro atoms. The fraction of sp³-hybridized carbons (Fsp3) is 0.592. The van der Waals surface area contributed by atoms with Gasteiger partial charge >= 0.3 is 0 Å². The van der Waals surface area contributed by atoms with Crippen molar-refractivity contribution in [2.75, 3.05) is 4.90 Å². The van der Waals surface area contributed by atoms with E-state index in [1.807, 2.05) is 0 Å². The Morgan fingerprint density at radius 3 is 2.38 bits per heavy atom.